The predicted molar refractivity (Wildman–Crippen MR) is 75.2 cm³/mol. The normalized spacial score (nSPS) is 10.3. The molecule has 0 unspecified atom stereocenters. The zero-order valence-electron chi connectivity index (χ0n) is 11.4. The molecular formula is C13H19BrO5. The second-order valence-corrected chi connectivity index (χ2v) is 4.53. The van der Waals surface area contributed by atoms with Crippen LogP contribution in [0.25, 0.3) is 0 Å². The number of halogens is 1. The van der Waals surface area contributed by atoms with Crippen LogP contribution in [0.1, 0.15) is 6.42 Å². The maximum absolute atomic E-state index is 5.66. The molecule has 0 aliphatic carbocycles. The topological polar surface area (TPSA) is 46.2 Å². The van der Waals surface area contributed by atoms with Gasteiger partial charge in [0.25, 0.3) is 0 Å². The van der Waals surface area contributed by atoms with Crippen molar-refractivity contribution in [3.05, 3.63) is 16.6 Å². The lowest BCUT2D eigenvalue weighted by Crippen LogP contribution is -2.04. The molecule has 0 spiro atoms. The van der Waals surface area contributed by atoms with Gasteiger partial charge < -0.3 is 23.7 Å². The summed E-state index contributed by atoms with van der Waals surface area (Å²) in [5.74, 6) is 1.92. The molecule has 0 bridgehead atoms. The van der Waals surface area contributed by atoms with Crippen LogP contribution in [0, 0.1) is 0 Å². The first-order valence-corrected chi connectivity index (χ1v) is 6.63. The number of methoxy groups -OCH3 is 3. The Kier molecular flexibility index (Phi) is 7.62. The van der Waals surface area contributed by atoms with E-state index >= 15 is 0 Å². The first kappa shape index (κ1) is 16.1. The Bertz CT molecular complexity index is 384. The molecule has 1 rings (SSSR count). The average molecular weight is 335 g/mol. The molecule has 6 heteroatoms. The summed E-state index contributed by atoms with van der Waals surface area (Å²) in [5, 5.41) is 0. The molecule has 1 aromatic rings. The van der Waals surface area contributed by atoms with Gasteiger partial charge in [-0.05, 0) is 15.9 Å². The minimum atomic E-state index is 0.175. The highest BCUT2D eigenvalue weighted by Gasteiger charge is 2.11. The zero-order valence-corrected chi connectivity index (χ0v) is 13.0. The SMILES string of the molecule is COCCCOc1cc(OCOC)c(Br)cc1OC. The van der Waals surface area contributed by atoms with Crippen LogP contribution in [0.2, 0.25) is 0 Å². The van der Waals surface area contributed by atoms with Gasteiger partial charge in [0, 0.05) is 39.4 Å². The molecule has 1 aromatic carbocycles. The molecule has 0 amide bonds. The van der Waals surface area contributed by atoms with Gasteiger partial charge in [-0.15, -0.1) is 0 Å². The van der Waals surface area contributed by atoms with E-state index in [1.165, 1.54) is 0 Å². The van der Waals surface area contributed by atoms with Crippen LogP contribution >= 0.6 is 15.9 Å². The minimum Gasteiger partial charge on any atom is -0.493 e. The summed E-state index contributed by atoms with van der Waals surface area (Å²) >= 11 is 3.41. The largest absolute Gasteiger partial charge is 0.493 e. The molecule has 0 saturated carbocycles. The monoisotopic (exact) mass is 334 g/mol. The molecule has 0 aliphatic heterocycles. The number of hydrogen-bond donors (Lipinski definition) is 0. The molecule has 0 fully saturated rings. The van der Waals surface area contributed by atoms with E-state index in [1.54, 1.807) is 33.5 Å². The van der Waals surface area contributed by atoms with Gasteiger partial charge in [-0.1, -0.05) is 0 Å². The van der Waals surface area contributed by atoms with Gasteiger partial charge in [-0.3, -0.25) is 0 Å². The van der Waals surface area contributed by atoms with E-state index in [-0.39, 0.29) is 6.79 Å². The van der Waals surface area contributed by atoms with E-state index in [0.29, 0.717) is 30.5 Å². The highest BCUT2D eigenvalue weighted by Crippen LogP contribution is 2.37. The van der Waals surface area contributed by atoms with E-state index in [0.717, 1.165) is 10.9 Å². The van der Waals surface area contributed by atoms with Crippen LogP contribution in [0.5, 0.6) is 17.2 Å². The summed E-state index contributed by atoms with van der Waals surface area (Å²) in [5.41, 5.74) is 0. The predicted octanol–water partition coefficient (Wildman–Crippen LogP) is 2.86. The van der Waals surface area contributed by atoms with E-state index in [9.17, 15) is 0 Å². The van der Waals surface area contributed by atoms with E-state index < -0.39 is 0 Å². The first-order chi connectivity index (χ1) is 9.22. The summed E-state index contributed by atoms with van der Waals surface area (Å²) in [6.07, 6.45) is 0.810. The van der Waals surface area contributed by atoms with Crippen molar-refractivity contribution in [2.75, 3.05) is 41.3 Å². The summed E-state index contributed by atoms with van der Waals surface area (Å²) in [4.78, 5) is 0. The standard InChI is InChI=1S/C13H19BrO5/c1-15-5-4-6-18-13-8-11(19-9-16-2)10(14)7-12(13)17-3/h7-8H,4-6,9H2,1-3H3. The van der Waals surface area contributed by atoms with E-state index in [4.69, 9.17) is 23.7 Å². The summed E-state index contributed by atoms with van der Waals surface area (Å²) in [6, 6.07) is 3.57. The molecule has 5 nitrogen and oxygen atoms in total. The van der Waals surface area contributed by atoms with Gasteiger partial charge >= 0.3 is 0 Å². The minimum absolute atomic E-state index is 0.175. The fourth-order valence-corrected chi connectivity index (χ4v) is 1.84. The second kappa shape index (κ2) is 9.01. The molecule has 0 aliphatic rings. The third-order valence-electron chi connectivity index (χ3n) is 2.30. The molecular weight excluding hydrogens is 316 g/mol. The fourth-order valence-electron chi connectivity index (χ4n) is 1.41. The fraction of sp³-hybridized carbons (Fsp3) is 0.538. The van der Waals surface area contributed by atoms with Gasteiger partial charge in [0.2, 0.25) is 0 Å². The van der Waals surface area contributed by atoms with Crippen molar-refractivity contribution in [3.8, 4) is 17.2 Å². The van der Waals surface area contributed by atoms with Crippen LogP contribution in [0.3, 0.4) is 0 Å². The van der Waals surface area contributed by atoms with Crippen LogP contribution < -0.4 is 14.2 Å². The van der Waals surface area contributed by atoms with Crippen molar-refractivity contribution in [1.82, 2.24) is 0 Å². The van der Waals surface area contributed by atoms with Crippen molar-refractivity contribution < 1.29 is 23.7 Å². The lowest BCUT2D eigenvalue weighted by atomic mass is 10.3. The van der Waals surface area contributed by atoms with Crippen LogP contribution in [-0.4, -0.2) is 41.3 Å². The summed E-state index contributed by atoms with van der Waals surface area (Å²) in [7, 11) is 4.83. The molecule has 0 aromatic heterocycles. The van der Waals surface area contributed by atoms with Gasteiger partial charge in [-0.25, -0.2) is 0 Å². The lowest BCUT2D eigenvalue weighted by molar-refractivity contribution is 0.0503. The molecule has 0 N–H and O–H groups in total. The van der Waals surface area contributed by atoms with Gasteiger partial charge in [0.15, 0.2) is 18.3 Å². The smallest absolute Gasteiger partial charge is 0.188 e. The Labute approximate surface area is 121 Å². The lowest BCUT2D eigenvalue weighted by Gasteiger charge is -2.14. The molecule has 108 valence electrons. The molecule has 0 heterocycles. The highest BCUT2D eigenvalue weighted by molar-refractivity contribution is 9.10. The Hall–Kier alpha value is -0.980. The van der Waals surface area contributed by atoms with Crippen molar-refractivity contribution in [3.63, 3.8) is 0 Å². The van der Waals surface area contributed by atoms with Crippen LogP contribution in [0.4, 0.5) is 0 Å². The molecule has 0 radical (unpaired) electrons. The van der Waals surface area contributed by atoms with Gasteiger partial charge in [0.1, 0.15) is 5.75 Å². The number of rotatable bonds is 9. The first-order valence-electron chi connectivity index (χ1n) is 5.84. The van der Waals surface area contributed by atoms with Crippen LogP contribution in [-0.2, 0) is 9.47 Å². The number of ether oxygens (including phenoxy) is 5. The van der Waals surface area contributed by atoms with E-state index in [1.807, 2.05) is 0 Å². The highest BCUT2D eigenvalue weighted by atomic mass is 79.9. The second-order valence-electron chi connectivity index (χ2n) is 3.68. The summed E-state index contributed by atoms with van der Waals surface area (Å²) < 4.78 is 27.0. The Morgan fingerprint density at radius 2 is 1.68 bits per heavy atom. The quantitative estimate of drug-likeness (QED) is 0.513. The molecule has 19 heavy (non-hydrogen) atoms. The van der Waals surface area contributed by atoms with Crippen molar-refractivity contribution in [2.45, 2.75) is 6.42 Å². The van der Waals surface area contributed by atoms with Crippen molar-refractivity contribution in [1.29, 1.82) is 0 Å². The average Bonchev–Trinajstić information content (AvgIpc) is 2.43. The maximum Gasteiger partial charge on any atom is 0.188 e. The Morgan fingerprint density at radius 3 is 2.32 bits per heavy atom. The third kappa shape index (κ3) is 5.26. The van der Waals surface area contributed by atoms with Crippen LogP contribution in [0.15, 0.2) is 16.6 Å². The molecule has 0 saturated heterocycles. The van der Waals surface area contributed by atoms with Crippen molar-refractivity contribution >= 4 is 15.9 Å². The Balaban J connectivity index is 2.75. The zero-order chi connectivity index (χ0) is 14.1. The molecule has 0 atom stereocenters. The number of hydrogen-bond acceptors (Lipinski definition) is 5. The third-order valence-corrected chi connectivity index (χ3v) is 2.92. The Morgan fingerprint density at radius 1 is 0.895 bits per heavy atom. The summed E-state index contributed by atoms with van der Waals surface area (Å²) in [6.45, 7) is 1.38. The van der Waals surface area contributed by atoms with Gasteiger partial charge in [-0.2, -0.15) is 0 Å². The van der Waals surface area contributed by atoms with Crippen molar-refractivity contribution in [2.24, 2.45) is 0 Å². The van der Waals surface area contributed by atoms with Gasteiger partial charge in [0.05, 0.1) is 18.2 Å². The maximum atomic E-state index is 5.66. The van der Waals surface area contributed by atoms with E-state index in [2.05, 4.69) is 15.9 Å². The number of benzene rings is 1.